The van der Waals surface area contributed by atoms with Gasteiger partial charge in [-0.3, -0.25) is 0 Å². The largest absolute Gasteiger partial charge is 0.505 e. The summed E-state index contributed by atoms with van der Waals surface area (Å²) in [5, 5.41) is 17.9. The van der Waals surface area contributed by atoms with E-state index >= 15 is 0 Å². The monoisotopic (exact) mass is 350 g/mol. The molecule has 3 N–H and O–H groups in total. The summed E-state index contributed by atoms with van der Waals surface area (Å²) in [6, 6.07) is 10.4. The van der Waals surface area contributed by atoms with Crippen molar-refractivity contribution >= 4 is 23.1 Å². The zero-order chi connectivity index (χ0) is 19.1. The maximum Gasteiger partial charge on any atom is 0.142 e. The molecule has 3 heteroatoms. The smallest absolute Gasteiger partial charge is 0.142 e. The topological polar surface area (TPSA) is 44.3 Å². The first-order valence-electron chi connectivity index (χ1n) is 9.26. The third-order valence-corrected chi connectivity index (χ3v) is 4.84. The number of hydrogen-bond acceptors (Lipinski definition) is 3. The highest BCUT2D eigenvalue weighted by molar-refractivity contribution is 5.85. The van der Waals surface area contributed by atoms with Gasteiger partial charge in [0.1, 0.15) is 5.75 Å². The molecule has 1 heterocycles. The van der Waals surface area contributed by atoms with E-state index in [1.54, 1.807) is 0 Å². The van der Waals surface area contributed by atoms with E-state index in [4.69, 9.17) is 0 Å². The highest BCUT2D eigenvalue weighted by Crippen LogP contribution is 2.42. The van der Waals surface area contributed by atoms with Crippen molar-refractivity contribution < 1.29 is 5.11 Å². The molecular weight excluding hydrogens is 320 g/mol. The van der Waals surface area contributed by atoms with E-state index in [1.165, 1.54) is 5.56 Å². The Morgan fingerprint density at radius 1 is 0.962 bits per heavy atom. The van der Waals surface area contributed by atoms with E-state index in [-0.39, 0.29) is 10.8 Å². The lowest BCUT2D eigenvalue weighted by atomic mass is 9.79. The third kappa shape index (κ3) is 3.57. The van der Waals surface area contributed by atoms with Gasteiger partial charge in [-0.25, -0.2) is 0 Å². The lowest BCUT2D eigenvalue weighted by Crippen LogP contribution is -2.17. The molecule has 26 heavy (non-hydrogen) atoms. The standard InChI is InChI=1S/C23H30N2O/c1-22(2,3)16-13-17(23(4,5)6)21(26)19(14-16)25-18-11-7-9-15-10-8-12-24-20(15)18/h7-11,13-14,24-26H,12H2,1-6H3. The number of benzene rings is 2. The number of phenolic OH excluding ortho intramolecular Hbond substituents is 1. The SMILES string of the molecule is CC(C)(C)c1cc(Nc2cccc3c2NCC=C3)c(O)c(C(C)(C)C)c1. The minimum Gasteiger partial charge on any atom is -0.505 e. The average molecular weight is 351 g/mol. The fourth-order valence-corrected chi connectivity index (χ4v) is 3.24. The summed E-state index contributed by atoms with van der Waals surface area (Å²) in [5.74, 6) is 0.328. The van der Waals surface area contributed by atoms with E-state index in [0.29, 0.717) is 5.75 Å². The van der Waals surface area contributed by atoms with Crippen molar-refractivity contribution in [3.63, 3.8) is 0 Å². The first kappa shape index (κ1) is 18.4. The molecule has 0 aromatic heterocycles. The van der Waals surface area contributed by atoms with Crippen LogP contribution >= 0.6 is 0 Å². The Morgan fingerprint density at radius 2 is 1.69 bits per heavy atom. The number of fused-ring (bicyclic) bond motifs is 1. The van der Waals surface area contributed by atoms with Crippen LogP contribution in [0.15, 0.2) is 36.4 Å². The molecule has 0 amide bonds. The molecule has 0 bridgehead atoms. The predicted molar refractivity (Wildman–Crippen MR) is 113 cm³/mol. The molecule has 1 aliphatic rings. The summed E-state index contributed by atoms with van der Waals surface area (Å²) in [4.78, 5) is 0. The molecule has 0 fully saturated rings. The van der Waals surface area contributed by atoms with Crippen molar-refractivity contribution in [1.82, 2.24) is 0 Å². The molecule has 0 aliphatic carbocycles. The summed E-state index contributed by atoms with van der Waals surface area (Å²) in [5.41, 5.74) is 6.00. The van der Waals surface area contributed by atoms with Crippen molar-refractivity contribution in [3.8, 4) is 5.75 Å². The highest BCUT2D eigenvalue weighted by atomic mass is 16.3. The lowest BCUT2D eigenvalue weighted by Gasteiger charge is -2.28. The first-order valence-corrected chi connectivity index (χ1v) is 9.26. The van der Waals surface area contributed by atoms with Crippen LogP contribution in [0.4, 0.5) is 17.1 Å². The Labute approximate surface area is 157 Å². The number of rotatable bonds is 2. The third-order valence-electron chi connectivity index (χ3n) is 4.84. The molecule has 2 aromatic rings. The van der Waals surface area contributed by atoms with Crippen LogP contribution in [0.25, 0.3) is 6.08 Å². The average Bonchev–Trinajstić information content (AvgIpc) is 2.55. The summed E-state index contributed by atoms with van der Waals surface area (Å²) in [6.07, 6.45) is 4.24. The van der Waals surface area contributed by atoms with Gasteiger partial charge < -0.3 is 15.7 Å². The van der Waals surface area contributed by atoms with Crippen LogP contribution in [0.1, 0.15) is 58.2 Å². The van der Waals surface area contributed by atoms with Gasteiger partial charge in [0.2, 0.25) is 0 Å². The van der Waals surface area contributed by atoms with Crippen molar-refractivity contribution in [2.75, 3.05) is 17.2 Å². The minimum atomic E-state index is -0.140. The molecule has 3 rings (SSSR count). The van der Waals surface area contributed by atoms with E-state index in [0.717, 1.165) is 34.7 Å². The number of hydrogen-bond donors (Lipinski definition) is 3. The summed E-state index contributed by atoms with van der Waals surface area (Å²) >= 11 is 0. The van der Waals surface area contributed by atoms with Crippen LogP contribution < -0.4 is 10.6 Å². The second-order valence-electron chi connectivity index (χ2n) is 9.10. The van der Waals surface area contributed by atoms with Crippen molar-refractivity contribution in [3.05, 3.63) is 53.1 Å². The molecule has 0 radical (unpaired) electrons. The Balaban J connectivity index is 2.12. The second-order valence-corrected chi connectivity index (χ2v) is 9.10. The quantitative estimate of drug-likeness (QED) is 0.568. The minimum absolute atomic E-state index is 0.00122. The molecular formula is C23H30N2O. The van der Waals surface area contributed by atoms with E-state index in [1.807, 2.05) is 12.1 Å². The van der Waals surface area contributed by atoms with Gasteiger partial charge in [-0.2, -0.15) is 0 Å². The molecule has 2 aromatic carbocycles. The van der Waals surface area contributed by atoms with Gasteiger partial charge in [-0.1, -0.05) is 71.9 Å². The van der Waals surface area contributed by atoms with Crippen LogP contribution in [0.2, 0.25) is 0 Å². The van der Waals surface area contributed by atoms with Gasteiger partial charge in [-0.05, 0) is 34.1 Å². The molecule has 0 saturated carbocycles. The van der Waals surface area contributed by atoms with Gasteiger partial charge >= 0.3 is 0 Å². The predicted octanol–water partition coefficient (Wildman–Crippen LogP) is 6.17. The Kier molecular flexibility index (Phi) is 4.51. The molecule has 0 unspecified atom stereocenters. The van der Waals surface area contributed by atoms with Crippen LogP contribution in [-0.2, 0) is 10.8 Å². The Hall–Kier alpha value is -2.42. The van der Waals surface area contributed by atoms with Crippen LogP contribution in [-0.4, -0.2) is 11.7 Å². The first-order chi connectivity index (χ1) is 12.1. The zero-order valence-electron chi connectivity index (χ0n) is 16.7. The molecule has 0 spiro atoms. The van der Waals surface area contributed by atoms with Crippen molar-refractivity contribution in [2.45, 2.75) is 52.4 Å². The van der Waals surface area contributed by atoms with Crippen molar-refractivity contribution in [1.29, 1.82) is 0 Å². The van der Waals surface area contributed by atoms with E-state index in [9.17, 15) is 5.11 Å². The van der Waals surface area contributed by atoms with Gasteiger partial charge in [0, 0.05) is 12.1 Å². The van der Waals surface area contributed by atoms with Gasteiger partial charge in [-0.15, -0.1) is 0 Å². The number of anilines is 3. The summed E-state index contributed by atoms with van der Waals surface area (Å²) in [6.45, 7) is 13.8. The van der Waals surface area contributed by atoms with Crippen LogP contribution in [0, 0.1) is 0 Å². The lowest BCUT2D eigenvalue weighted by molar-refractivity contribution is 0.447. The number of aromatic hydroxyl groups is 1. The van der Waals surface area contributed by atoms with E-state index in [2.05, 4.69) is 82.5 Å². The van der Waals surface area contributed by atoms with Crippen molar-refractivity contribution in [2.24, 2.45) is 0 Å². The Morgan fingerprint density at radius 3 is 2.35 bits per heavy atom. The second kappa shape index (κ2) is 6.39. The molecule has 1 aliphatic heterocycles. The normalized spacial score (nSPS) is 13.9. The Bertz CT molecular complexity index is 852. The van der Waals surface area contributed by atoms with Crippen LogP contribution in [0.5, 0.6) is 5.75 Å². The highest BCUT2D eigenvalue weighted by Gasteiger charge is 2.25. The molecule has 3 nitrogen and oxygen atoms in total. The van der Waals surface area contributed by atoms with Crippen LogP contribution in [0.3, 0.4) is 0 Å². The molecule has 0 saturated heterocycles. The number of nitrogens with one attached hydrogen (secondary N) is 2. The maximum atomic E-state index is 11.0. The maximum absolute atomic E-state index is 11.0. The molecule has 0 atom stereocenters. The number of phenols is 1. The summed E-state index contributed by atoms with van der Waals surface area (Å²) in [7, 11) is 0. The van der Waals surface area contributed by atoms with Gasteiger partial charge in [0.05, 0.1) is 17.1 Å². The zero-order valence-corrected chi connectivity index (χ0v) is 16.7. The fraction of sp³-hybridized carbons (Fsp3) is 0.391. The molecule has 138 valence electrons. The fourth-order valence-electron chi connectivity index (χ4n) is 3.24. The summed E-state index contributed by atoms with van der Waals surface area (Å²) < 4.78 is 0. The van der Waals surface area contributed by atoms with E-state index < -0.39 is 0 Å². The number of para-hydroxylation sites is 1. The van der Waals surface area contributed by atoms with Gasteiger partial charge in [0.25, 0.3) is 0 Å². The van der Waals surface area contributed by atoms with Gasteiger partial charge in [0.15, 0.2) is 0 Å².